The second-order valence-corrected chi connectivity index (χ2v) is 7.57. The highest BCUT2D eigenvalue weighted by Gasteiger charge is 2.49. The van der Waals surface area contributed by atoms with Crippen molar-refractivity contribution >= 4 is 27.7 Å². The zero-order valence-electron chi connectivity index (χ0n) is 10.4. The molecule has 1 fully saturated rings. The SMILES string of the molecule is C[SH](S)N1CCC[C@H]1[C@@H](OCCC(=O)O)C(F)(F)F. The number of carboxylic acid groups (broad SMARTS) is 1. The summed E-state index contributed by atoms with van der Waals surface area (Å²) in [4.78, 5) is 10.3. The van der Waals surface area contributed by atoms with Gasteiger partial charge in [-0.2, -0.15) is 23.3 Å². The van der Waals surface area contributed by atoms with Crippen molar-refractivity contribution in [1.29, 1.82) is 0 Å². The van der Waals surface area contributed by atoms with Crippen LogP contribution >= 0.6 is 21.8 Å². The molecule has 1 aliphatic rings. The molecule has 9 heteroatoms. The number of carboxylic acids is 1. The average Bonchev–Trinajstić information content (AvgIpc) is 2.70. The van der Waals surface area contributed by atoms with Gasteiger partial charge in [0.05, 0.1) is 19.1 Å². The molecular formula is C10H18F3NO3S2. The zero-order valence-corrected chi connectivity index (χ0v) is 12.2. The normalized spacial score (nSPS) is 25.3. The molecule has 1 N–H and O–H groups in total. The van der Waals surface area contributed by atoms with E-state index < -0.39 is 47.4 Å². The van der Waals surface area contributed by atoms with Gasteiger partial charge in [0.15, 0.2) is 6.10 Å². The number of thiol groups is 2. The van der Waals surface area contributed by atoms with Crippen LogP contribution in [0.15, 0.2) is 0 Å². The lowest BCUT2D eigenvalue weighted by Crippen LogP contribution is -2.47. The van der Waals surface area contributed by atoms with E-state index in [1.54, 1.807) is 10.6 Å². The van der Waals surface area contributed by atoms with Crippen molar-refractivity contribution in [1.82, 2.24) is 4.31 Å². The third-order valence-electron chi connectivity index (χ3n) is 2.93. The zero-order chi connectivity index (χ0) is 14.6. The average molecular weight is 321 g/mol. The minimum Gasteiger partial charge on any atom is -0.481 e. The highest BCUT2D eigenvalue weighted by molar-refractivity contribution is 8.76. The van der Waals surface area contributed by atoms with Crippen LogP contribution < -0.4 is 0 Å². The Morgan fingerprint density at radius 2 is 2.26 bits per heavy atom. The largest absolute Gasteiger partial charge is 0.481 e. The minimum absolute atomic E-state index is 0.393. The van der Waals surface area contributed by atoms with E-state index in [2.05, 4.69) is 11.7 Å². The van der Waals surface area contributed by atoms with E-state index in [9.17, 15) is 18.0 Å². The molecule has 0 amide bonds. The number of ether oxygens (including phenoxy) is 1. The van der Waals surface area contributed by atoms with Crippen molar-refractivity contribution in [2.24, 2.45) is 0 Å². The smallest absolute Gasteiger partial charge is 0.416 e. The van der Waals surface area contributed by atoms with E-state index in [4.69, 9.17) is 9.84 Å². The van der Waals surface area contributed by atoms with Crippen LogP contribution in [0.3, 0.4) is 0 Å². The van der Waals surface area contributed by atoms with E-state index in [-0.39, 0.29) is 0 Å². The summed E-state index contributed by atoms with van der Waals surface area (Å²) >= 11 is 4.24. The van der Waals surface area contributed by atoms with Gasteiger partial charge in [0, 0.05) is 6.54 Å². The summed E-state index contributed by atoms with van der Waals surface area (Å²) < 4.78 is 45.6. The van der Waals surface area contributed by atoms with E-state index in [0.29, 0.717) is 19.4 Å². The molecule has 0 aromatic rings. The van der Waals surface area contributed by atoms with Gasteiger partial charge >= 0.3 is 12.1 Å². The lowest BCUT2D eigenvalue weighted by molar-refractivity contribution is -0.232. The Morgan fingerprint density at radius 1 is 1.63 bits per heavy atom. The molecule has 1 heterocycles. The van der Waals surface area contributed by atoms with Crippen molar-refractivity contribution in [3.63, 3.8) is 0 Å². The number of aliphatic carboxylic acids is 1. The Morgan fingerprint density at radius 3 is 2.74 bits per heavy atom. The van der Waals surface area contributed by atoms with Crippen LogP contribution in [0.25, 0.3) is 0 Å². The maximum Gasteiger partial charge on any atom is 0.416 e. The molecule has 4 nitrogen and oxygen atoms in total. The Kier molecular flexibility index (Phi) is 6.28. The van der Waals surface area contributed by atoms with Crippen LogP contribution in [-0.4, -0.2) is 53.1 Å². The molecule has 0 aromatic carbocycles. The minimum atomic E-state index is -4.50. The first-order valence-electron chi connectivity index (χ1n) is 5.82. The lowest BCUT2D eigenvalue weighted by Gasteiger charge is -2.35. The number of halogens is 3. The van der Waals surface area contributed by atoms with Gasteiger partial charge < -0.3 is 9.84 Å². The van der Waals surface area contributed by atoms with Crippen molar-refractivity contribution in [3.8, 4) is 0 Å². The van der Waals surface area contributed by atoms with Gasteiger partial charge in [-0.05, 0) is 19.1 Å². The van der Waals surface area contributed by atoms with Gasteiger partial charge in [-0.1, -0.05) is 0 Å². The first-order chi connectivity index (χ1) is 8.73. The molecule has 0 bridgehead atoms. The van der Waals surface area contributed by atoms with Crippen molar-refractivity contribution in [3.05, 3.63) is 0 Å². The van der Waals surface area contributed by atoms with Gasteiger partial charge in [-0.15, -0.1) is 11.7 Å². The highest BCUT2D eigenvalue weighted by atomic mass is 33.1. The monoisotopic (exact) mass is 321 g/mol. The molecule has 1 aliphatic heterocycles. The summed E-state index contributed by atoms with van der Waals surface area (Å²) in [6.45, 7) is 0.142. The van der Waals surface area contributed by atoms with Crippen molar-refractivity contribution < 1.29 is 27.8 Å². The Hall–Kier alpha value is -0.120. The van der Waals surface area contributed by atoms with Gasteiger partial charge in [0.1, 0.15) is 0 Å². The quantitative estimate of drug-likeness (QED) is 0.519. The topological polar surface area (TPSA) is 49.8 Å². The summed E-state index contributed by atoms with van der Waals surface area (Å²) in [5.41, 5.74) is 0. The Bertz CT molecular complexity index is 315. The van der Waals surface area contributed by atoms with Crippen LogP contribution in [0.4, 0.5) is 13.2 Å². The highest BCUT2D eigenvalue weighted by Crippen LogP contribution is 2.42. The first kappa shape index (κ1) is 16.9. The fourth-order valence-electron chi connectivity index (χ4n) is 2.14. The Balaban J connectivity index is 2.70. The molecule has 0 aromatic heterocycles. The summed E-state index contributed by atoms with van der Waals surface area (Å²) in [6.07, 6.45) is -4.02. The van der Waals surface area contributed by atoms with Gasteiger partial charge in [0.2, 0.25) is 0 Å². The molecule has 114 valence electrons. The van der Waals surface area contributed by atoms with Crippen LogP contribution in [0, 0.1) is 0 Å². The third-order valence-corrected chi connectivity index (χ3v) is 4.86. The third kappa shape index (κ3) is 5.05. The maximum atomic E-state index is 13.0. The van der Waals surface area contributed by atoms with Crippen molar-refractivity contribution in [2.75, 3.05) is 19.4 Å². The van der Waals surface area contributed by atoms with Gasteiger partial charge in [0.25, 0.3) is 0 Å². The molecule has 1 rings (SSSR count). The first-order valence-corrected chi connectivity index (χ1v) is 8.72. The number of hydrogen-bond acceptors (Lipinski definition) is 4. The standard InChI is InChI=1S/C10H18F3NO3S2/c1-19(18)14-5-2-3-7(14)9(10(11,12)13)17-6-4-8(15)16/h7,9,18-19H,2-6H2,1H3,(H,15,16)/t7-,9+/m0/s1. The molecule has 0 spiro atoms. The number of alkyl halides is 3. The second-order valence-electron chi connectivity index (χ2n) is 4.34. The van der Waals surface area contributed by atoms with Gasteiger partial charge in [-0.25, -0.2) is 0 Å². The molecule has 3 atom stereocenters. The van der Waals surface area contributed by atoms with Crippen LogP contribution in [0.1, 0.15) is 19.3 Å². The predicted octanol–water partition coefficient (Wildman–Crippen LogP) is 2.26. The summed E-state index contributed by atoms with van der Waals surface area (Å²) in [5, 5.41) is 8.45. The number of nitrogens with zero attached hydrogens (tertiary/aromatic N) is 1. The van der Waals surface area contributed by atoms with E-state index in [1.807, 2.05) is 0 Å². The number of carbonyl (C=O) groups is 1. The van der Waals surface area contributed by atoms with E-state index in [1.165, 1.54) is 0 Å². The summed E-state index contributed by atoms with van der Waals surface area (Å²) in [7, 11) is -0.916. The molecule has 0 saturated carbocycles. The predicted molar refractivity (Wildman–Crippen MR) is 71.7 cm³/mol. The van der Waals surface area contributed by atoms with Crippen LogP contribution in [-0.2, 0) is 9.53 Å². The fraction of sp³-hybridized carbons (Fsp3) is 0.900. The van der Waals surface area contributed by atoms with E-state index in [0.717, 1.165) is 0 Å². The number of hydrogen-bond donors (Lipinski definition) is 3. The fourth-order valence-corrected chi connectivity index (χ4v) is 3.90. The molecule has 1 unspecified atom stereocenters. The van der Waals surface area contributed by atoms with Crippen LogP contribution in [0.2, 0.25) is 0 Å². The summed E-state index contributed by atoms with van der Waals surface area (Å²) in [6, 6.07) is -0.762. The molecule has 1 saturated heterocycles. The van der Waals surface area contributed by atoms with Gasteiger partial charge in [-0.3, -0.25) is 9.10 Å². The lowest BCUT2D eigenvalue weighted by atomic mass is 10.1. The number of rotatable bonds is 6. The summed E-state index contributed by atoms with van der Waals surface area (Å²) in [5.74, 6) is -1.17. The van der Waals surface area contributed by atoms with Crippen molar-refractivity contribution in [2.45, 2.75) is 37.6 Å². The molecule has 0 radical (unpaired) electrons. The molecule has 0 aliphatic carbocycles. The second kappa shape index (κ2) is 7.05. The van der Waals surface area contributed by atoms with E-state index >= 15 is 0 Å². The molecular weight excluding hydrogens is 303 g/mol. The Labute approximate surface area is 117 Å². The molecule has 19 heavy (non-hydrogen) atoms. The van der Waals surface area contributed by atoms with Crippen LogP contribution in [0.5, 0.6) is 0 Å². The maximum absolute atomic E-state index is 13.0.